The number of amides is 2. The molecule has 214 valence electrons. The van der Waals surface area contributed by atoms with Crippen molar-refractivity contribution in [3.63, 3.8) is 0 Å². The average molecular weight is 558 g/mol. The molecule has 2 aliphatic rings. The maximum atomic E-state index is 13.0. The largest absolute Gasteiger partial charge is 0.465 e. The summed E-state index contributed by atoms with van der Waals surface area (Å²) in [5.74, 6) is 0.496. The van der Waals surface area contributed by atoms with Gasteiger partial charge >= 0.3 is 6.09 Å². The summed E-state index contributed by atoms with van der Waals surface area (Å²) in [7, 11) is 0. The third kappa shape index (κ3) is 5.17. The van der Waals surface area contributed by atoms with Crippen LogP contribution in [0.1, 0.15) is 66.9 Å². The van der Waals surface area contributed by atoms with Crippen molar-refractivity contribution in [2.45, 2.75) is 58.7 Å². The van der Waals surface area contributed by atoms with E-state index in [-0.39, 0.29) is 18.7 Å². The Kier molecular flexibility index (Phi) is 7.44. The minimum atomic E-state index is -0.957. The van der Waals surface area contributed by atoms with Crippen molar-refractivity contribution in [3.8, 4) is 22.6 Å². The molecule has 0 saturated carbocycles. The van der Waals surface area contributed by atoms with Crippen molar-refractivity contribution in [2.24, 2.45) is 0 Å². The highest BCUT2D eigenvalue weighted by Crippen LogP contribution is 2.35. The van der Waals surface area contributed by atoms with Gasteiger partial charge in [-0.25, -0.2) is 14.5 Å². The van der Waals surface area contributed by atoms with Crippen LogP contribution in [0.15, 0.2) is 36.8 Å². The van der Waals surface area contributed by atoms with Crippen LogP contribution < -0.4 is 0 Å². The number of likely N-dealkylation sites (tertiary alicyclic amines) is 1. The molecule has 4 aromatic rings. The Morgan fingerprint density at radius 2 is 1.98 bits per heavy atom. The summed E-state index contributed by atoms with van der Waals surface area (Å²) in [5.41, 5.74) is 5.72. The monoisotopic (exact) mass is 557 g/mol. The van der Waals surface area contributed by atoms with Crippen LogP contribution in [0.25, 0.3) is 33.5 Å². The summed E-state index contributed by atoms with van der Waals surface area (Å²) in [6.07, 6.45) is 9.03. The molecule has 2 saturated heterocycles. The van der Waals surface area contributed by atoms with Gasteiger partial charge in [0, 0.05) is 49.6 Å². The lowest BCUT2D eigenvalue weighted by molar-refractivity contribution is -0.0365. The van der Waals surface area contributed by atoms with Gasteiger partial charge in [-0.3, -0.25) is 9.78 Å². The molecule has 0 aliphatic carbocycles. The van der Waals surface area contributed by atoms with Crippen LogP contribution in [0.4, 0.5) is 4.79 Å². The lowest BCUT2D eigenvalue weighted by atomic mass is 9.97. The van der Waals surface area contributed by atoms with Gasteiger partial charge in [0.1, 0.15) is 11.4 Å². The van der Waals surface area contributed by atoms with E-state index < -0.39 is 6.09 Å². The van der Waals surface area contributed by atoms with Gasteiger partial charge in [-0.2, -0.15) is 5.10 Å². The minimum absolute atomic E-state index is 0.0395. The van der Waals surface area contributed by atoms with Crippen molar-refractivity contribution in [1.29, 1.82) is 0 Å². The van der Waals surface area contributed by atoms with E-state index in [1.54, 1.807) is 12.4 Å². The highest BCUT2D eigenvalue weighted by Gasteiger charge is 2.26. The first-order chi connectivity index (χ1) is 19.9. The normalized spacial score (nSPS) is 17.3. The molecule has 2 aliphatic heterocycles. The first-order valence-electron chi connectivity index (χ1n) is 14.3. The fraction of sp³-hybridized carbons (Fsp3) is 0.433. The number of carbonyl (C=O) groups excluding carboxylic acids is 1. The zero-order valence-electron chi connectivity index (χ0n) is 23.5. The molecule has 0 radical (unpaired) electrons. The molecule has 11 heteroatoms. The number of hydrogen-bond donors (Lipinski definition) is 2. The van der Waals surface area contributed by atoms with E-state index in [1.165, 1.54) is 4.90 Å². The number of hydrogen-bond acceptors (Lipinski definition) is 6. The van der Waals surface area contributed by atoms with Gasteiger partial charge < -0.3 is 24.6 Å². The third-order valence-corrected chi connectivity index (χ3v) is 8.20. The van der Waals surface area contributed by atoms with E-state index in [2.05, 4.69) is 21.0 Å². The van der Waals surface area contributed by atoms with E-state index >= 15 is 0 Å². The Balaban J connectivity index is 1.42. The summed E-state index contributed by atoms with van der Waals surface area (Å²) in [6, 6.07) is 6.16. The summed E-state index contributed by atoms with van der Waals surface area (Å²) >= 11 is 0. The van der Waals surface area contributed by atoms with Crippen molar-refractivity contribution in [3.05, 3.63) is 53.6 Å². The summed E-state index contributed by atoms with van der Waals surface area (Å²) in [6.45, 7) is 6.70. The summed E-state index contributed by atoms with van der Waals surface area (Å²) < 4.78 is 8.03. The highest BCUT2D eigenvalue weighted by molar-refractivity contribution is 5.97. The smallest absolute Gasteiger partial charge is 0.407 e. The standard InChI is InChI=1S/C30H35N7O4/c1-3-35(30(39)40)18-21-15-31-16-23(19(21)2)20-9-10-25-22(14-20)27(34-37(25)26-8-4-7-13-41-26)28-32-17-24(33-28)29(38)36-11-5-6-12-36/h9-10,14-17,26H,3-8,11-13,18H2,1-2H3,(H,32,33)(H,39,40). The number of aromatic nitrogens is 5. The van der Waals surface area contributed by atoms with Crippen molar-refractivity contribution in [1.82, 2.24) is 34.5 Å². The van der Waals surface area contributed by atoms with E-state index in [0.29, 0.717) is 30.4 Å². The van der Waals surface area contributed by atoms with Crippen LogP contribution in [-0.4, -0.2) is 77.9 Å². The first kappa shape index (κ1) is 26.9. The number of H-pyrrole nitrogens is 1. The molecular formula is C30H35N7O4. The Bertz CT molecular complexity index is 1580. The van der Waals surface area contributed by atoms with Gasteiger partial charge in [0.2, 0.25) is 0 Å². The maximum absolute atomic E-state index is 13.0. The molecule has 2 N–H and O–H groups in total. The molecule has 0 spiro atoms. The Labute approximate surface area is 238 Å². The fourth-order valence-electron chi connectivity index (χ4n) is 5.80. The predicted octanol–water partition coefficient (Wildman–Crippen LogP) is 5.23. The second-order valence-electron chi connectivity index (χ2n) is 10.8. The number of aromatic amines is 1. The molecule has 41 heavy (non-hydrogen) atoms. The SMILES string of the molecule is CCN(Cc1cncc(-c2ccc3c(c2)c(-c2ncc(C(=O)N4CCCC4)[nH]2)nn3C2CCCCO2)c1C)C(=O)O. The van der Waals surface area contributed by atoms with Gasteiger partial charge in [-0.05, 0) is 74.8 Å². The van der Waals surface area contributed by atoms with Crippen molar-refractivity contribution < 1.29 is 19.4 Å². The number of nitrogens with zero attached hydrogens (tertiary/aromatic N) is 6. The number of imidazole rings is 1. The number of rotatable bonds is 7. The average Bonchev–Trinajstić information content (AvgIpc) is 3.77. The van der Waals surface area contributed by atoms with Crippen LogP contribution in [0.5, 0.6) is 0 Å². The molecule has 6 rings (SSSR count). The summed E-state index contributed by atoms with van der Waals surface area (Å²) in [4.78, 5) is 40.1. The molecule has 1 aromatic carbocycles. The Morgan fingerprint density at radius 3 is 2.71 bits per heavy atom. The zero-order chi connectivity index (χ0) is 28.5. The van der Waals surface area contributed by atoms with Gasteiger partial charge in [0.05, 0.1) is 18.3 Å². The number of pyridine rings is 1. The molecule has 2 fully saturated rings. The number of carbonyl (C=O) groups is 2. The number of carboxylic acid groups (broad SMARTS) is 1. The molecule has 11 nitrogen and oxygen atoms in total. The minimum Gasteiger partial charge on any atom is -0.465 e. The second-order valence-corrected chi connectivity index (χ2v) is 10.8. The second kappa shape index (κ2) is 11.3. The van der Waals surface area contributed by atoms with Crippen LogP contribution in [-0.2, 0) is 11.3 Å². The maximum Gasteiger partial charge on any atom is 0.407 e. The lowest BCUT2D eigenvalue weighted by Crippen LogP contribution is -2.28. The molecule has 1 unspecified atom stereocenters. The molecular weight excluding hydrogens is 522 g/mol. The lowest BCUT2D eigenvalue weighted by Gasteiger charge is -2.23. The Hall–Kier alpha value is -4.25. The number of benzene rings is 1. The topological polar surface area (TPSA) is 129 Å². The molecule has 2 amide bonds. The van der Waals surface area contributed by atoms with Crippen molar-refractivity contribution >= 4 is 22.9 Å². The number of nitrogens with one attached hydrogen (secondary N) is 1. The Morgan fingerprint density at radius 1 is 1.15 bits per heavy atom. The summed E-state index contributed by atoms with van der Waals surface area (Å²) in [5, 5.41) is 15.4. The third-order valence-electron chi connectivity index (χ3n) is 8.20. The van der Waals surface area contributed by atoms with Crippen LogP contribution in [0, 0.1) is 6.92 Å². The fourth-order valence-corrected chi connectivity index (χ4v) is 5.80. The van der Waals surface area contributed by atoms with Gasteiger partial charge in [0.25, 0.3) is 5.91 Å². The van der Waals surface area contributed by atoms with Gasteiger partial charge in [-0.15, -0.1) is 0 Å². The van der Waals surface area contributed by atoms with E-state index in [4.69, 9.17) is 9.84 Å². The quantitative estimate of drug-likeness (QED) is 0.318. The van der Waals surface area contributed by atoms with Gasteiger partial charge in [0.15, 0.2) is 12.1 Å². The number of fused-ring (bicyclic) bond motifs is 1. The first-order valence-corrected chi connectivity index (χ1v) is 14.3. The van der Waals surface area contributed by atoms with E-state index in [9.17, 15) is 14.7 Å². The zero-order valence-corrected chi connectivity index (χ0v) is 23.5. The number of ether oxygens (including phenoxy) is 1. The highest BCUT2D eigenvalue weighted by atomic mass is 16.5. The molecule has 3 aromatic heterocycles. The van der Waals surface area contributed by atoms with E-state index in [1.807, 2.05) is 41.8 Å². The molecule has 5 heterocycles. The van der Waals surface area contributed by atoms with Crippen LogP contribution in [0.3, 0.4) is 0 Å². The van der Waals surface area contributed by atoms with Gasteiger partial charge in [-0.1, -0.05) is 6.07 Å². The van der Waals surface area contributed by atoms with Crippen LogP contribution >= 0.6 is 0 Å². The molecule has 0 bridgehead atoms. The van der Waals surface area contributed by atoms with Crippen LogP contribution in [0.2, 0.25) is 0 Å². The van der Waals surface area contributed by atoms with Crippen molar-refractivity contribution in [2.75, 3.05) is 26.2 Å². The van der Waals surface area contributed by atoms with E-state index in [0.717, 1.165) is 78.4 Å². The molecule has 1 atom stereocenters. The predicted molar refractivity (Wildman–Crippen MR) is 153 cm³/mol.